The van der Waals surface area contributed by atoms with E-state index in [-0.39, 0.29) is 5.41 Å². The summed E-state index contributed by atoms with van der Waals surface area (Å²) < 4.78 is 0.674. The predicted octanol–water partition coefficient (Wildman–Crippen LogP) is 7.75. The Labute approximate surface area is 179 Å². The van der Waals surface area contributed by atoms with Gasteiger partial charge in [-0.2, -0.15) is 0 Å². The van der Waals surface area contributed by atoms with Crippen molar-refractivity contribution in [3.63, 3.8) is 0 Å². The molecule has 1 fully saturated rings. The molecular formula is C26H33I. The van der Waals surface area contributed by atoms with E-state index in [4.69, 9.17) is 0 Å². The van der Waals surface area contributed by atoms with Crippen molar-refractivity contribution in [3.8, 4) is 0 Å². The third kappa shape index (κ3) is 3.50. The lowest BCUT2D eigenvalue weighted by Gasteiger charge is -2.42. The van der Waals surface area contributed by atoms with Gasteiger partial charge in [-0.25, -0.2) is 0 Å². The van der Waals surface area contributed by atoms with E-state index in [0.29, 0.717) is 3.92 Å². The molecule has 0 aromatic rings. The molecule has 0 N–H and O–H groups in total. The number of hydrogen-bond acceptors (Lipinski definition) is 0. The van der Waals surface area contributed by atoms with Crippen LogP contribution in [-0.4, -0.2) is 3.92 Å². The normalized spacial score (nSPS) is 37.7. The van der Waals surface area contributed by atoms with Crippen LogP contribution in [0.3, 0.4) is 0 Å². The number of hydrogen-bond donors (Lipinski definition) is 0. The molecule has 144 valence electrons. The molecule has 0 aliphatic heterocycles. The summed E-state index contributed by atoms with van der Waals surface area (Å²) in [5.74, 6) is 3.17. The number of halogens is 1. The number of rotatable bonds is 3. The first kappa shape index (κ1) is 19.5. The zero-order valence-corrected chi connectivity index (χ0v) is 19.2. The summed E-state index contributed by atoms with van der Waals surface area (Å²) in [6.45, 7) is 11.2. The van der Waals surface area contributed by atoms with E-state index in [1.165, 1.54) is 32.1 Å². The number of alkyl halides is 1. The monoisotopic (exact) mass is 472 g/mol. The van der Waals surface area contributed by atoms with Gasteiger partial charge < -0.3 is 0 Å². The minimum atomic E-state index is 0.287. The Morgan fingerprint density at radius 2 is 1.85 bits per heavy atom. The van der Waals surface area contributed by atoms with Crippen LogP contribution in [-0.2, 0) is 0 Å². The van der Waals surface area contributed by atoms with Gasteiger partial charge in [-0.1, -0.05) is 91.1 Å². The van der Waals surface area contributed by atoms with E-state index in [1.807, 2.05) is 6.08 Å². The molecule has 1 heteroatoms. The molecule has 0 spiro atoms. The maximum absolute atomic E-state index is 3.87. The predicted molar refractivity (Wildman–Crippen MR) is 126 cm³/mol. The summed E-state index contributed by atoms with van der Waals surface area (Å²) in [5.41, 5.74) is 6.72. The molecule has 0 aromatic carbocycles. The highest BCUT2D eigenvalue weighted by Gasteiger charge is 2.48. The standard InChI is InChI=1S/C26H33I/c1-5-6-7-24-17(2)23-13-11-21(16-25(23)26(24,3)4)18-8-9-20-15-22(27)12-10-19(20)14-18/h5-10,12,18,21-23,25H,1,11,13-16H2,2-4H3/b7-6-. The molecule has 0 nitrogen and oxygen atoms in total. The Bertz CT molecular complexity index is 770. The topological polar surface area (TPSA) is 0 Å². The van der Waals surface area contributed by atoms with Crippen LogP contribution >= 0.6 is 22.6 Å². The molecule has 0 saturated heterocycles. The minimum absolute atomic E-state index is 0.287. The van der Waals surface area contributed by atoms with E-state index < -0.39 is 0 Å². The molecule has 1 saturated carbocycles. The highest BCUT2D eigenvalue weighted by molar-refractivity contribution is 14.1. The van der Waals surface area contributed by atoms with Crippen molar-refractivity contribution in [2.24, 2.45) is 29.1 Å². The van der Waals surface area contributed by atoms with Crippen molar-refractivity contribution in [1.29, 1.82) is 0 Å². The molecule has 0 radical (unpaired) electrons. The smallest absolute Gasteiger partial charge is 0.0333 e. The highest BCUT2D eigenvalue weighted by atomic mass is 127. The first-order valence-electron chi connectivity index (χ1n) is 10.6. The summed E-state index contributed by atoms with van der Waals surface area (Å²) in [7, 11) is 0. The van der Waals surface area contributed by atoms with Gasteiger partial charge >= 0.3 is 0 Å². The summed E-state index contributed by atoms with van der Waals surface area (Å²) in [4.78, 5) is 0. The van der Waals surface area contributed by atoms with Gasteiger partial charge in [0, 0.05) is 3.92 Å². The zero-order valence-electron chi connectivity index (χ0n) is 17.0. The molecule has 27 heavy (non-hydrogen) atoms. The van der Waals surface area contributed by atoms with Crippen LogP contribution in [0.5, 0.6) is 0 Å². The van der Waals surface area contributed by atoms with Crippen molar-refractivity contribution in [2.45, 2.75) is 56.8 Å². The fraction of sp³-hybridized carbons (Fsp3) is 0.538. The largest absolute Gasteiger partial charge is 0.0991 e. The van der Waals surface area contributed by atoms with Gasteiger partial charge in [0.15, 0.2) is 0 Å². The molecular weight excluding hydrogens is 439 g/mol. The maximum atomic E-state index is 3.87. The number of allylic oxidation sites excluding steroid dienone is 11. The second kappa shape index (κ2) is 7.54. The third-order valence-electron chi connectivity index (χ3n) is 7.83. The number of fused-ring (bicyclic) bond motifs is 1. The maximum Gasteiger partial charge on any atom is 0.0333 e. The van der Waals surface area contributed by atoms with Crippen molar-refractivity contribution < 1.29 is 0 Å². The average molecular weight is 472 g/mol. The Hall–Kier alpha value is -0.830. The second-order valence-corrected chi connectivity index (χ2v) is 11.2. The SMILES string of the molecule is C=C/C=C\C1=C(C)C2CCC(C3C=CC4=C(C=CC(I)C4)C3)CC2C1(C)C. The van der Waals surface area contributed by atoms with Gasteiger partial charge in [-0.3, -0.25) is 0 Å². The van der Waals surface area contributed by atoms with E-state index in [0.717, 1.165) is 23.7 Å². The summed E-state index contributed by atoms with van der Waals surface area (Å²) in [5, 5.41) is 0. The minimum Gasteiger partial charge on any atom is -0.0991 e. The van der Waals surface area contributed by atoms with Gasteiger partial charge in [0.2, 0.25) is 0 Å². The summed E-state index contributed by atoms with van der Waals surface area (Å²) in [6.07, 6.45) is 22.9. The molecule has 5 unspecified atom stereocenters. The molecule has 5 atom stereocenters. The van der Waals surface area contributed by atoms with Crippen LogP contribution in [0.15, 0.2) is 71.4 Å². The lowest BCUT2D eigenvalue weighted by atomic mass is 9.62. The fourth-order valence-electron chi connectivity index (χ4n) is 6.32. The van der Waals surface area contributed by atoms with E-state index >= 15 is 0 Å². The van der Waals surface area contributed by atoms with Crippen LogP contribution in [0, 0.1) is 29.1 Å². The van der Waals surface area contributed by atoms with Gasteiger partial charge in [0.1, 0.15) is 0 Å². The van der Waals surface area contributed by atoms with Gasteiger partial charge in [-0.05, 0) is 84.8 Å². The molecule has 4 aliphatic rings. The summed E-state index contributed by atoms with van der Waals surface area (Å²) in [6, 6.07) is 0. The van der Waals surface area contributed by atoms with E-state index in [2.05, 4.69) is 86.4 Å². The van der Waals surface area contributed by atoms with Crippen molar-refractivity contribution in [2.75, 3.05) is 0 Å². The first-order valence-corrected chi connectivity index (χ1v) is 11.9. The fourth-order valence-corrected chi connectivity index (χ4v) is 7.00. The van der Waals surface area contributed by atoms with Crippen LogP contribution < -0.4 is 0 Å². The zero-order chi connectivity index (χ0) is 19.2. The van der Waals surface area contributed by atoms with E-state index in [1.54, 1.807) is 22.3 Å². The molecule has 4 aliphatic carbocycles. The molecule has 4 rings (SSSR count). The highest BCUT2D eigenvalue weighted by Crippen LogP contribution is 2.58. The molecule has 0 heterocycles. The van der Waals surface area contributed by atoms with Gasteiger partial charge in [-0.15, -0.1) is 0 Å². The lowest BCUT2D eigenvalue weighted by Crippen LogP contribution is -2.34. The van der Waals surface area contributed by atoms with Crippen molar-refractivity contribution >= 4 is 22.6 Å². The Kier molecular flexibility index (Phi) is 5.44. The third-order valence-corrected chi connectivity index (χ3v) is 8.69. The quantitative estimate of drug-likeness (QED) is 0.224. The average Bonchev–Trinajstić information content (AvgIpc) is 2.85. The van der Waals surface area contributed by atoms with Crippen LogP contribution in [0.2, 0.25) is 0 Å². The molecule has 0 aromatic heterocycles. The second-order valence-electron chi connectivity index (χ2n) is 9.56. The van der Waals surface area contributed by atoms with Crippen molar-refractivity contribution in [3.05, 3.63) is 71.4 Å². The van der Waals surface area contributed by atoms with Crippen LogP contribution in [0.4, 0.5) is 0 Å². The van der Waals surface area contributed by atoms with Crippen molar-refractivity contribution in [1.82, 2.24) is 0 Å². The lowest BCUT2D eigenvalue weighted by molar-refractivity contribution is 0.113. The molecule has 0 bridgehead atoms. The first-order chi connectivity index (χ1) is 12.9. The van der Waals surface area contributed by atoms with Crippen LogP contribution in [0.1, 0.15) is 52.9 Å². The van der Waals surface area contributed by atoms with Crippen LogP contribution in [0.25, 0.3) is 0 Å². The van der Waals surface area contributed by atoms with Gasteiger partial charge in [0.25, 0.3) is 0 Å². The molecule has 0 amide bonds. The summed E-state index contributed by atoms with van der Waals surface area (Å²) >= 11 is 2.56. The Balaban J connectivity index is 1.50. The van der Waals surface area contributed by atoms with Gasteiger partial charge in [0.05, 0.1) is 0 Å². The Morgan fingerprint density at radius 3 is 2.63 bits per heavy atom. The Morgan fingerprint density at radius 1 is 1.11 bits per heavy atom. The van der Waals surface area contributed by atoms with E-state index in [9.17, 15) is 0 Å².